The first-order chi connectivity index (χ1) is 9.08. The summed E-state index contributed by atoms with van der Waals surface area (Å²) in [6.07, 6.45) is 1.64. The fourth-order valence-corrected chi connectivity index (χ4v) is 2.11. The minimum absolute atomic E-state index is 0.00780. The molecule has 0 spiro atoms. The Labute approximate surface area is 120 Å². The van der Waals surface area contributed by atoms with E-state index >= 15 is 0 Å². The van der Waals surface area contributed by atoms with Crippen molar-refractivity contribution in [3.05, 3.63) is 32.8 Å². The van der Waals surface area contributed by atoms with Gasteiger partial charge in [0.1, 0.15) is 5.69 Å². The molecule has 0 radical (unpaired) electrons. The molecule has 0 fully saturated rings. The summed E-state index contributed by atoms with van der Waals surface area (Å²) in [6, 6.07) is 4.94. The first-order valence-electron chi connectivity index (χ1n) is 5.98. The summed E-state index contributed by atoms with van der Waals surface area (Å²) in [5.74, 6) is 0. The van der Waals surface area contributed by atoms with Crippen molar-refractivity contribution in [2.24, 2.45) is 5.73 Å². The summed E-state index contributed by atoms with van der Waals surface area (Å²) < 4.78 is 5.79. The first kappa shape index (κ1) is 15.9. The number of nitro groups is 1. The van der Waals surface area contributed by atoms with Crippen LogP contribution in [0.2, 0.25) is 0 Å². The van der Waals surface area contributed by atoms with E-state index in [9.17, 15) is 10.1 Å². The molecule has 1 unspecified atom stereocenters. The zero-order valence-electron chi connectivity index (χ0n) is 10.8. The molecule has 7 heteroatoms. The Morgan fingerprint density at radius 3 is 2.89 bits per heavy atom. The molecule has 0 aliphatic heterocycles. The predicted molar refractivity (Wildman–Crippen MR) is 78.4 cm³/mol. The lowest BCUT2D eigenvalue weighted by Gasteiger charge is -2.18. The van der Waals surface area contributed by atoms with E-state index in [0.717, 1.165) is 12.8 Å². The number of nitrogens with one attached hydrogen (secondary N) is 1. The summed E-state index contributed by atoms with van der Waals surface area (Å²) in [7, 11) is 1.60. The van der Waals surface area contributed by atoms with E-state index in [2.05, 4.69) is 21.2 Å². The monoisotopic (exact) mass is 331 g/mol. The van der Waals surface area contributed by atoms with Gasteiger partial charge in [-0.05, 0) is 31.5 Å². The first-order valence-corrected chi connectivity index (χ1v) is 6.77. The maximum absolute atomic E-state index is 11.0. The molecule has 1 rings (SSSR count). The van der Waals surface area contributed by atoms with E-state index in [-0.39, 0.29) is 11.7 Å². The Bertz CT molecular complexity index is 429. The summed E-state index contributed by atoms with van der Waals surface area (Å²) in [5.41, 5.74) is 6.02. The summed E-state index contributed by atoms with van der Waals surface area (Å²) in [6.45, 7) is 1.07. The third-order valence-electron chi connectivity index (χ3n) is 2.64. The van der Waals surface area contributed by atoms with Gasteiger partial charge in [-0.1, -0.05) is 15.9 Å². The molecule has 0 saturated carbocycles. The Hall–Kier alpha value is -1.18. The molecular weight excluding hydrogens is 314 g/mol. The van der Waals surface area contributed by atoms with Crippen LogP contribution in [0.1, 0.15) is 12.8 Å². The highest BCUT2D eigenvalue weighted by Crippen LogP contribution is 2.28. The molecule has 3 N–H and O–H groups in total. The van der Waals surface area contributed by atoms with Crippen molar-refractivity contribution >= 4 is 27.3 Å². The fraction of sp³-hybridized carbons (Fsp3) is 0.500. The highest BCUT2D eigenvalue weighted by molar-refractivity contribution is 9.10. The number of hydrogen-bond donors (Lipinski definition) is 2. The van der Waals surface area contributed by atoms with Crippen LogP contribution < -0.4 is 11.1 Å². The van der Waals surface area contributed by atoms with Crippen LogP contribution in [0.25, 0.3) is 0 Å². The van der Waals surface area contributed by atoms with E-state index in [0.29, 0.717) is 23.3 Å². The van der Waals surface area contributed by atoms with Crippen molar-refractivity contribution in [3.8, 4) is 0 Å². The van der Waals surface area contributed by atoms with E-state index < -0.39 is 4.92 Å². The molecule has 0 aliphatic rings. The van der Waals surface area contributed by atoms with Crippen molar-refractivity contribution in [3.63, 3.8) is 0 Å². The third-order valence-corrected chi connectivity index (χ3v) is 3.13. The molecular formula is C12H18BrN3O3. The van der Waals surface area contributed by atoms with Gasteiger partial charge in [-0.2, -0.15) is 0 Å². The SMILES string of the molecule is COCC(CCCN)Nc1ccc(Br)cc1[N+](=O)[O-]. The quantitative estimate of drug-likeness (QED) is 0.564. The van der Waals surface area contributed by atoms with Crippen LogP contribution >= 0.6 is 15.9 Å². The number of benzene rings is 1. The molecule has 0 saturated heterocycles. The van der Waals surface area contributed by atoms with Crippen LogP contribution in [0.4, 0.5) is 11.4 Å². The second-order valence-electron chi connectivity index (χ2n) is 4.15. The van der Waals surface area contributed by atoms with Gasteiger partial charge in [0.2, 0.25) is 0 Å². The number of methoxy groups -OCH3 is 1. The molecule has 19 heavy (non-hydrogen) atoms. The minimum atomic E-state index is -0.403. The second-order valence-corrected chi connectivity index (χ2v) is 5.06. The average molecular weight is 332 g/mol. The van der Waals surface area contributed by atoms with E-state index in [4.69, 9.17) is 10.5 Å². The van der Waals surface area contributed by atoms with Gasteiger partial charge in [0.05, 0.1) is 11.5 Å². The smallest absolute Gasteiger partial charge is 0.293 e. The van der Waals surface area contributed by atoms with Crippen molar-refractivity contribution in [2.45, 2.75) is 18.9 Å². The Balaban J connectivity index is 2.85. The van der Waals surface area contributed by atoms with E-state index in [1.807, 2.05) is 0 Å². The molecule has 0 heterocycles. The van der Waals surface area contributed by atoms with Crippen LogP contribution in [-0.2, 0) is 4.74 Å². The minimum Gasteiger partial charge on any atom is -0.383 e. The highest BCUT2D eigenvalue weighted by atomic mass is 79.9. The Kier molecular flexibility index (Phi) is 6.75. The zero-order chi connectivity index (χ0) is 14.3. The molecule has 1 aromatic rings. The number of rotatable bonds is 8. The number of anilines is 1. The van der Waals surface area contributed by atoms with Gasteiger partial charge in [0.25, 0.3) is 5.69 Å². The van der Waals surface area contributed by atoms with Crippen LogP contribution in [0.5, 0.6) is 0 Å². The van der Waals surface area contributed by atoms with Crippen LogP contribution in [0, 0.1) is 10.1 Å². The predicted octanol–water partition coefficient (Wildman–Crippen LogP) is 2.52. The molecule has 0 aromatic heterocycles. The number of nitrogens with two attached hydrogens (primary N) is 1. The lowest BCUT2D eigenvalue weighted by atomic mass is 10.1. The van der Waals surface area contributed by atoms with Gasteiger partial charge in [0, 0.05) is 23.7 Å². The van der Waals surface area contributed by atoms with Crippen molar-refractivity contribution in [1.29, 1.82) is 0 Å². The highest BCUT2D eigenvalue weighted by Gasteiger charge is 2.17. The molecule has 6 nitrogen and oxygen atoms in total. The molecule has 0 amide bonds. The normalized spacial score (nSPS) is 12.2. The Morgan fingerprint density at radius 2 is 2.32 bits per heavy atom. The Morgan fingerprint density at radius 1 is 1.58 bits per heavy atom. The lowest BCUT2D eigenvalue weighted by molar-refractivity contribution is -0.384. The summed E-state index contributed by atoms with van der Waals surface area (Å²) in [5, 5.41) is 14.2. The maximum atomic E-state index is 11.0. The fourth-order valence-electron chi connectivity index (χ4n) is 1.76. The average Bonchev–Trinajstić information content (AvgIpc) is 2.38. The number of hydrogen-bond acceptors (Lipinski definition) is 5. The van der Waals surface area contributed by atoms with E-state index in [1.54, 1.807) is 19.2 Å². The standard InChI is InChI=1S/C12H18BrN3O3/c1-19-8-10(3-2-6-14)15-11-5-4-9(13)7-12(11)16(17)18/h4-5,7,10,15H,2-3,6,8,14H2,1H3. The van der Waals surface area contributed by atoms with Gasteiger partial charge < -0.3 is 15.8 Å². The van der Waals surface area contributed by atoms with Crippen LogP contribution in [-0.4, -0.2) is 31.2 Å². The summed E-state index contributed by atoms with van der Waals surface area (Å²) >= 11 is 3.23. The van der Waals surface area contributed by atoms with Crippen LogP contribution in [0.3, 0.4) is 0 Å². The van der Waals surface area contributed by atoms with E-state index in [1.165, 1.54) is 6.07 Å². The molecule has 0 bridgehead atoms. The number of nitro benzene ring substituents is 1. The molecule has 1 atom stereocenters. The molecule has 1 aromatic carbocycles. The second kappa shape index (κ2) is 8.08. The number of nitrogens with zero attached hydrogens (tertiary/aromatic N) is 1. The van der Waals surface area contributed by atoms with Gasteiger partial charge in [-0.15, -0.1) is 0 Å². The van der Waals surface area contributed by atoms with Crippen LogP contribution in [0.15, 0.2) is 22.7 Å². The number of ether oxygens (including phenoxy) is 1. The van der Waals surface area contributed by atoms with Gasteiger partial charge in [-0.3, -0.25) is 10.1 Å². The van der Waals surface area contributed by atoms with Gasteiger partial charge in [-0.25, -0.2) is 0 Å². The number of halogens is 1. The van der Waals surface area contributed by atoms with Crippen molar-refractivity contribution < 1.29 is 9.66 Å². The van der Waals surface area contributed by atoms with Crippen molar-refractivity contribution in [2.75, 3.05) is 25.6 Å². The van der Waals surface area contributed by atoms with Gasteiger partial charge >= 0.3 is 0 Å². The molecule has 0 aliphatic carbocycles. The largest absolute Gasteiger partial charge is 0.383 e. The summed E-state index contributed by atoms with van der Waals surface area (Å²) in [4.78, 5) is 10.6. The van der Waals surface area contributed by atoms with Crippen molar-refractivity contribution in [1.82, 2.24) is 0 Å². The topological polar surface area (TPSA) is 90.4 Å². The molecule has 106 valence electrons. The maximum Gasteiger partial charge on any atom is 0.293 e. The van der Waals surface area contributed by atoms with Gasteiger partial charge in [0.15, 0.2) is 0 Å². The third kappa shape index (κ3) is 5.14. The zero-order valence-corrected chi connectivity index (χ0v) is 12.4. The lowest BCUT2D eigenvalue weighted by Crippen LogP contribution is -2.26.